The van der Waals surface area contributed by atoms with E-state index in [1.165, 1.54) is 13.3 Å². The summed E-state index contributed by atoms with van der Waals surface area (Å²) in [5, 5.41) is 0. The van der Waals surface area contributed by atoms with Crippen LogP contribution in [-0.4, -0.2) is 18.9 Å². The molecule has 17 heavy (non-hydrogen) atoms. The molecule has 1 radical (unpaired) electrons. The van der Waals surface area contributed by atoms with Gasteiger partial charge >= 0.3 is 7.69 Å². The summed E-state index contributed by atoms with van der Waals surface area (Å²) in [5.41, 5.74) is 1.90. The van der Waals surface area contributed by atoms with Crippen LogP contribution in [0.1, 0.15) is 34.1 Å². The minimum absolute atomic E-state index is 0.184. The molecular formula is C14H20BO2. The van der Waals surface area contributed by atoms with Crippen LogP contribution in [0, 0.1) is 5.92 Å². The van der Waals surface area contributed by atoms with E-state index in [9.17, 15) is 0 Å². The van der Waals surface area contributed by atoms with Crippen molar-refractivity contribution in [2.75, 3.05) is 0 Å². The Morgan fingerprint density at radius 1 is 1.29 bits per heavy atom. The predicted octanol–water partition coefficient (Wildman–Crippen LogP) is 3.18. The molecule has 3 heteroatoms. The third kappa shape index (κ3) is 2.56. The van der Waals surface area contributed by atoms with E-state index < -0.39 is 0 Å². The number of hydrogen-bond donors (Lipinski definition) is 0. The molecule has 1 unspecified atom stereocenters. The minimum atomic E-state index is -0.273. The van der Waals surface area contributed by atoms with Crippen LogP contribution in [0.15, 0.2) is 36.0 Å². The number of hydrogen-bond acceptors (Lipinski definition) is 2. The summed E-state index contributed by atoms with van der Waals surface area (Å²) in [4.78, 5) is 0. The van der Waals surface area contributed by atoms with Gasteiger partial charge < -0.3 is 9.31 Å². The maximum absolute atomic E-state index is 5.77. The molecule has 0 N–H and O–H groups in total. The van der Waals surface area contributed by atoms with E-state index in [0.717, 1.165) is 12.0 Å². The van der Waals surface area contributed by atoms with Crippen molar-refractivity contribution in [3.05, 3.63) is 36.0 Å². The van der Waals surface area contributed by atoms with Gasteiger partial charge in [-0.1, -0.05) is 30.4 Å². The molecule has 0 aromatic rings. The molecule has 1 fully saturated rings. The van der Waals surface area contributed by atoms with Crippen molar-refractivity contribution in [3.8, 4) is 0 Å². The fraction of sp³-hybridized carbons (Fsp3) is 0.571. The van der Waals surface area contributed by atoms with Crippen LogP contribution in [0.2, 0.25) is 0 Å². The van der Waals surface area contributed by atoms with Crippen molar-refractivity contribution in [2.45, 2.75) is 45.3 Å². The molecule has 2 nitrogen and oxygen atoms in total. The van der Waals surface area contributed by atoms with Gasteiger partial charge in [-0.3, -0.25) is 0 Å². The average molecular weight is 231 g/mol. The van der Waals surface area contributed by atoms with Gasteiger partial charge in [0.25, 0.3) is 0 Å². The lowest BCUT2D eigenvalue weighted by Gasteiger charge is -2.47. The highest BCUT2D eigenvalue weighted by molar-refractivity contribution is 6.18. The first-order valence-electron chi connectivity index (χ1n) is 6.05. The summed E-state index contributed by atoms with van der Waals surface area (Å²) < 4.78 is 11.3. The van der Waals surface area contributed by atoms with Gasteiger partial charge in [0, 0.05) is 12.3 Å². The fourth-order valence-corrected chi connectivity index (χ4v) is 2.71. The Hall–Kier alpha value is -0.795. The van der Waals surface area contributed by atoms with Crippen LogP contribution < -0.4 is 0 Å². The Labute approximate surface area is 105 Å². The van der Waals surface area contributed by atoms with Crippen molar-refractivity contribution >= 4 is 7.69 Å². The molecule has 2 rings (SSSR count). The van der Waals surface area contributed by atoms with Gasteiger partial charge in [-0.25, -0.2) is 0 Å². The molecule has 0 saturated carbocycles. The molecule has 0 aromatic carbocycles. The molecule has 1 heterocycles. The quantitative estimate of drug-likeness (QED) is 0.645. The van der Waals surface area contributed by atoms with Gasteiger partial charge in [0.05, 0.1) is 11.2 Å². The first-order chi connectivity index (χ1) is 7.82. The summed E-state index contributed by atoms with van der Waals surface area (Å²) >= 11 is 0. The second kappa shape index (κ2) is 4.15. The maximum atomic E-state index is 5.77. The Balaban J connectivity index is 2.26. The predicted molar refractivity (Wildman–Crippen MR) is 70.6 cm³/mol. The lowest BCUT2D eigenvalue weighted by atomic mass is 9.73. The van der Waals surface area contributed by atoms with Crippen LogP contribution in [0.4, 0.5) is 0 Å². The van der Waals surface area contributed by atoms with Crippen molar-refractivity contribution in [3.63, 3.8) is 0 Å². The third-order valence-corrected chi connectivity index (χ3v) is 3.51. The van der Waals surface area contributed by atoms with Gasteiger partial charge in [0.15, 0.2) is 0 Å². The second-order valence-corrected chi connectivity index (χ2v) is 5.88. The van der Waals surface area contributed by atoms with Crippen molar-refractivity contribution < 1.29 is 9.31 Å². The lowest BCUT2D eigenvalue weighted by molar-refractivity contribution is -0.0866. The van der Waals surface area contributed by atoms with Crippen LogP contribution in [0.5, 0.6) is 0 Å². The largest absolute Gasteiger partial charge is 0.488 e. The zero-order valence-electron chi connectivity index (χ0n) is 11.1. The molecule has 1 saturated heterocycles. The molecule has 2 atom stereocenters. The highest BCUT2D eigenvalue weighted by Gasteiger charge is 2.44. The topological polar surface area (TPSA) is 18.5 Å². The third-order valence-electron chi connectivity index (χ3n) is 3.51. The van der Waals surface area contributed by atoms with E-state index in [1.54, 1.807) is 0 Å². The summed E-state index contributed by atoms with van der Waals surface area (Å²) in [7, 11) is 1.48. The van der Waals surface area contributed by atoms with Gasteiger partial charge in [0.1, 0.15) is 0 Å². The molecule has 91 valence electrons. The van der Waals surface area contributed by atoms with Crippen molar-refractivity contribution in [2.24, 2.45) is 5.92 Å². The summed E-state index contributed by atoms with van der Waals surface area (Å²) in [5.74, 6) is 0.215. The smallest absolute Gasteiger partial charge is 0.408 e. The standard InChI is InChI=1S/C14H20BO2/c1-10-6-7-11(2)12(8-10)14(5)9-13(3,4)16-15-17-14/h6-8,12H,2,9H2,1,3-5H3/t12?,14-/m0/s1. The van der Waals surface area contributed by atoms with Crippen LogP contribution in [0.25, 0.3) is 0 Å². The fourth-order valence-electron chi connectivity index (χ4n) is 2.71. The summed E-state index contributed by atoms with van der Waals surface area (Å²) in [6, 6.07) is 0. The van der Waals surface area contributed by atoms with E-state index in [0.29, 0.717) is 0 Å². The van der Waals surface area contributed by atoms with Crippen molar-refractivity contribution in [1.29, 1.82) is 0 Å². The zero-order chi connectivity index (χ0) is 12.7. The Morgan fingerprint density at radius 3 is 2.65 bits per heavy atom. The molecule has 0 spiro atoms. The second-order valence-electron chi connectivity index (χ2n) is 5.88. The Morgan fingerprint density at radius 2 is 2.00 bits per heavy atom. The van der Waals surface area contributed by atoms with E-state index in [1.807, 2.05) is 0 Å². The SMILES string of the molecule is C=C1C=CC(C)=CC1[C@]1(C)CC(C)(C)O[B]O1. The van der Waals surface area contributed by atoms with E-state index in [2.05, 4.69) is 52.5 Å². The molecular weight excluding hydrogens is 211 g/mol. The lowest BCUT2D eigenvalue weighted by Crippen LogP contribution is -2.51. The van der Waals surface area contributed by atoms with Crippen molar-refractivity contribution in [1.82, 2.24) is 0 Å². The average Bonchev–Trinajstić information content (AvgIpc) is 2.19. The van der Waals surface area contributed by atoms with E-state index in [-0.39, 0.29) is 17.1 Å². The van der Waals surface area contributed by atoms with Crippen LogP contribution in [0.3, 0.4) is 0 Å². The first kappa shape index (κ1) is 12.7. The monoisotopic (exact) mass is 231 g/mol. The van der Waals surface area contributed by atoms with Gasteiger partial charge in [0.2, 0.25) is 0 Å². The summed E-state index contributed by atoms with van der Waals surface area (Å²) in [6.07, 6.45) is 7.25. The van der Waals surface area contributed by atoms with Gasteiger partial charge in [-0.2, -0.15) is 0 Å². The normalized spacial score (nSPS) is 36.4. The minimum Gasteiger partial charge on any atom is -0.408 e. The van der Waals surface area contributed by atoms with Gasteiger partial charge in [-0.15, -0.1) is 0 Å². The number of rotatable bonds is 1. The molecule has 2 aliphatic rings. The highest BCUT2D eigenvalue weighted by Crippen LogP contribution is 2.41. The Bertz CT molecular complexity index is 395. The maximum Gasteiger partial charge on any atom is 0.488 e. The van der Waals surface area contributed by atoms with Crippen LogP contribution in [-0.2, 0) is 9.31 Å². The van der Waals surface area contributed by atoms with Gasteiger partial charge in [-0.05, 0) is 33.3 Å². The first-order valence-corrected chi connectivity index (χ1v) is 6.05. The van der Waals surface area contributed by atoms with E-state index in [4.69, 9.17) is 9.31 Å². The molecule has 1 aliphatic heterocycles. The molecule has 0 aromatic heterocycles. The number of allylic oxidation sites excluding steroid dienone is 3. The summed E-state index contributed by atoms with van der Waals surface area (Å²) in [6.45, 7) is 12.5. The van der Waals surface area contributed by atoms with Crippen LogP contribution >= 0.6 is 0 Å². The molecule has 0 amide bonds. The highest BCUT2D eigenvalue weighted by atomic mass is 16.6. The Kier molecular flexibility index (Phi) is 3.09. The van der Waals surface area contributed by atoms with E-state index >= 15 is 0 Å². The molecule has 0 bridgehead atoms. The zero-order valence-corrected chi connectivity index (χ0v) is 11.1. The molecule has 1 aliphatic carbocycles.